The Bertz CT molecular complexity index is 516. The van der Waals surface area contributed by atoms with Crippen LogP contribution in [0.1, 0.15) is 24.2 Å². The molecule has 94 valence electrons. The maximum Gasteiger partial charge on any atom is 0.127 e. The third kappa shape index (κ3) is 3.37. The van der Waals surface area contributed by atoms with E-state index in [2.05, 4.69) is 26.2 Å². The van der Waals surface area contributed by atoms with E-state index < -0.39 is 0 Å². The number of hydrogen-bond acceptors (Lipinski definition) is 2. The number of rotatable bonds is 4. The first kappa shape index (κ1) is 13.2. The first-order valence-electron chi connectivity index (χ1n) is 5.75. The molecule has 4 heteroatoms. The van der Waals surface area contributed by atoms with Gasteiger partial charge in [-0.25, -0.2) is 4.39 Å². The minimum absolute atomic E-state index is 0.0876. The summed E-state index contributed by atoms with van der Waals surface area (Å²) in [7, 11) is 0. The van der Waals surface area contributed by atoms with Gasteiger partial charge in [-0.1, -0.05) is 22.0 Å². The normalized spacial score (nSPS) is 12.4. The Kier molecular flexibility index (Phi) is 4.44. The molecule has 0 aliphatic heterocycles. The molecule has 1 heterocycles. The van der Waals surface area contributed by atoms with Crippen molar-refractivity contribution in [2.24, 2.45) is 0 Å². The molecule has 0 saturated carbocycles. The van der Waals surface area contributed by atoms with Crippen LogP contribution in [0.5, 0.6) is 0 Å². The molecule has 18 heavy (non-hydrogen) atoms. The van der Waals surface area contributed by atoms with Crippen LogP contribution in [-0.4, -0.2) is 4.98 Å². The summed E-state index contributed by atoms with van der Waals surface area (Å²) >= 11 is 3.34. The second-order valence-corrected chi connectivity index (χ2v) is 5.01. The van der Waals surface area contributed by atoms with E-state index in [-0.39, 0.29) is 11.9 Å². The van der Waals surface area contributed by atoms with Crippen LogP contribution in [0, 0.1) is 5.82 Å². The molecule has 0 aliphatic rings. The Morgan fingerprint density at radius 3 is 2.89 bits per heavy atom. The van der Waals surface area contributed by atoms with Crippen molar-refractivity contribution >= 4 is 15.9 Å². The lowest BCUT2D eigenvalue weighted by Gasteiger charge is -2.13. The zero-order valence-corrected chi connectivity index (χ0v) is 11.6. The van der Waals surface area contributed by atoms with E-state index in [1.165, 1.54) is 6.07 Å². The van der Waals surface area contributed by atoms with E-state index in [4.69, 9.17) is 0 Å². The summed E-state index contributed by atoms with van der Waals surface area (Å²) in [5, 5.41) is 3.26. The third-order valence-corrected chi connectivity index (χ3v) is 3.23. The van der Waals surface area contributed by atoms with Crippen molar-refractivity contribution in [2.75, 3.05) is 0 Å². The van der Waals surface area contributed by atoms with E-state index >= 15 is 0 Å². The maximum atomic E-state index is 13.5. The lowest BCUT2D eigenvalue weighted by atomic mass is 10.1. The van der Waals surface area contributed by atoms with Gasteiger partial charge in [-0.3, -0.25) is 4.98 Å². The smallest absolute Gasteiger partial charge is 0.127 e. The highest BCUT2D eigenvalue weighted by molar-refractivity contribution is 9.10. The van der Waals surface area contributed by atoms with Gasteiger partial charge >= 0.3 is 0 Å². The minimum Gasteiger partial charge on any atom is -0.305 e. The molecule has 0 saturated heterocycles. The second kappa shape index (κ2) is 6.07. The topological polar surface area (TPSA) is 24.9 Å². The summed E-state index contributed by atoms with van der Waals surface area (Å²) in [4.78, 5) is 4.27. The Hall–Kier alpha value is -1.26. The molecule has 2 rings (SSSR count). The van der Waals surface area contributed by atoms with Gasteiger partial charge in [0, 0.05) is 28.8 Å². The van der Waals surface area contributed by atoms with Crippen LogP contribution in [-0.2, 0) is 6.54 Å². The number of hydrogen-bond donors (Lipinski definition) is 1. The highest BCUT2D eigenvalue weighted by Gasteiger charge is 2.08. The standard InChI is InChI=1S/C14H14BrFN2/c1-10(14-4-2-3-7-17-14)18-9-11-8-12(15)5-6-13(11)16/h2-8,10,18H,9H2,1H3. The van der Waals surface area contributed by atoms with Gasteiger partial charge in [0.15, 0.2) is 0 Å². The molecule has 0 spiro atoms. The van der Waals surface area contributed by atoms with Crippen LogP contribution in [0.4, 0.5) is 4.39 Å². The van der Waals surface area contributed by atoms with E-state index in [9.17, 15) is 4.39 Å². The van der Waals surface area contributed by atoms with Crippen LogP contribution in [0.25, 0.3) is 0 Å². The van der Waals surface area contributed by atoms with Gasteiger partial charge in [0.2, 0.25) is 0 Å². The van der Waals surface area contributed by atoms with Crippen LogP contribution >= 0.6 is 15.9 Å². The van der Waals surface area contributed by atoms with Gasteiger partial charge in [0.25, 0.3) is 0 Å². The minimum atomic E-state index is -0.195. The van der Waals surface area contributed by atoms with E-state index in [0.717, 1.165) is 10.2 Å². The van der Waals surface area contributed by atoms with Crippen molar-refractivity contribution < 1.29 is 4.39 Å². The fourth-order valence-corrected chi connectivity index (χ4v) is 2.09. The van der Waals surface area contributed by atoms with Crippen molar-refractivity contribution in [2.45, 2.75) is 19.5 Å². The molecule has 1 unspecified atom stereocenters. The van der Waals surface area contributed by atoms with Crippen molar-refractivity contribution in [3.63, 3.8) is 0 Å². The summed E-state index contributed by atoms with van der Waals surface area (Å²) in [6.45, 7) is 2.49. The summed E-state index contributed by atoms with van der Waals surface area (Å²) < 4.78 is 14.4. The average molecular weight is 309 g/mol. The van der Waals surface area contributed by atoms with E-state index in [1.54, 1.807) is 18.3 Å². The quantitative estimate of drug-likeness (QED) is 0.928. The first-order valence-corrected chi connectivity index (χ1v) is 6.54. The number of aromatic nitrogens is 1. The molecule has 0 radical (unpaired) electrons. The SMILES string of the molecule is CC(NCc1cc(Br)ccc1F)c1ccccn1. The number of benzene rings is 1. The average Bonchev–Trinajstić information content (AvgIpc) is 2.40. The first-order chi connectivity index (χ1) is 8.66. The van der Waals surface area contributed by atoms with Crippen molar-refractivity contribution in [1.82, 2.24) is 10.3 Å². The van der Waals surface area contributed by atoms with Gasteiger partial charge in [0.1, 0.15) is 5.82 Å². The summed E-state index contributed by atoms with van der Waals surface area (Å²) in [6.07, 6.45) is 1.76. The summed E-state index contributed by atoms with van der Waals surface area (Å²) in [5.74, 6) is -0.195. The molecular weight excluding hydrogens is 295 g/mol. The van der Waals surface area contributed by atoms with Crippen LogP contribution in [0.3, 0.4) is 0 Å². The van der Waals surface area contributed by atoms with Crippen LogP contribution in [0.2, 0.25) is 0 Å². The molecule has 0 amide bonds. The van der Waals surface area contributed by atoms with Gasteiger partial charge in [-0.2, -0.15) is 0 Å². The third-order valence-electron chi connectivity index (χ3n) is 2.74. The highest BCUT2D eigenvalue weighted by Crippen LogP contribution is 2.16. The van der Waals surface area contributed by atoms with Crippen molar-refractivity contribution in [1.29, 1.82) is 0 Å². The number of nitrogens with one attached hydrogen (secondary N) is 1. The Labute approximate surface area is 114 Å². The molecule has 1 aromatic heterocycles. The fourth-order valence-electron chi connectivity index (χ4n) is 1.68. The second-order valence-electron chi connectivity index (χ2n) is 4.09. The van der Waals surface area contributed by atoms with E-state index in [0.29, 0.717) is 12.1 Å². The lowest BCUT2D eigenvalue weighted by molar-refractivity contribution is 0.536. The number of pyridine rings is 1. The van der Waals surface area contributed by atoms with Crippen LogP contribution in [0.15, 0.2) is 47.1 Å². The molecule has 0 fully saturated rings. The van der Waals surface area contributed by atoms with Gasteiger partial charge in [-0.05, 0) is 37.3 Å². The zero-order valence-electron chi connectivity index (χ0n) is 10.0. The Balaban J connectivity index is 2.01. The summed E-state index contributed by atoms with van der Waals surface area (Å²) in [6, 6.07) is 10.8. The zero-order chi connectivity index (χ0) is 13.0. The fraction of sp³-hybridized carbons (Fsp3) is 0.214. The summed E-state index contributed by atoms with van der Waals surface area (Å²) in [5.41, 5.74) is 1.60. The lowest BCUT2D eigenvalue weighted by Crippen LogP contribution is -2.19. The molecule has 2 nitrogen and oxygen atoms in total. The highest BCUT2D eigenvalue weighted by atomic mass is 79.9. The largest absolute Gasteiger partial charge is 0.305 e. The van der Waals surface area contributed by atoms with Gasteiger partial charge < -0.3 is 5.32 Å². The number of nitrogens with zero attached hydrogens (tertiary/aromatic N) is 1. The predicted octanol–water partition coefficient (Wildman–Crippen LogP) is 3.83. The monoisotopic (exact) mass is 308 g/mol. The molecule has 1 N–H and O–H groups in total. The predicted molar refractivity (Wildman–Crippen MR) is 73.6 cm³/mol. The van der Waals surface area contributed by atoms with Crippen molar-refractivity contribution in [3.8, 4) is 0 Å². The molecular formula is C14H14BrFN2. The molecule has 2 aromatic rings. The number of halogens is 2. The maximum absolute atomic E-state index is 13.5. The molecule has 0 aliphatic carbocycles. The molecule has 1 aromatic carbocycles. The molecule has 0 bridgehead atoms. The van der Waals surface area contributed by atoms with Crippen molar-refractivity contribution in [3.05, 3.63) is 64.1 Å². The van der Waals surface area contributed by atoms with Gasteiger partial charge in [-0.15, -0.1) is 0 Å². The Morgan fingerprint density at radius 1 is 1.33 bits per heavy atom. The van der Waals surface area contributed by atoms with Gasteiger partial charge in [0.05, 0.1) is 5.69 Å². The van der Waals surface area contributed by atoms with Crippen LogP contribution < -0.4 is 5.32 Å². The Morgan fingerprint density at radius 2 is 2.17 bits per heavy atom. The van der Waals surface area contributed by atoms with E-state index in [1.807, 2.05) is 25.1 Å². The molecule has 1 atom stereocenters.